The van der Waals surface area contributed by atoms with Gasteiger partial charge in [0.05, 0.1) is 23.0 Å². The number of rotatable bonds is 2. The van der Waals surface area contributed by atoms with Crippen molar-refractivity contribution in [3.05, 3.63) is 40.9 Å². The van der Waals surface area contributed by atoms with Crippen LogP contribution in [0.25, 0.3) is 21.8 Å². The van der Waals surface area contributed by atoms with E-state index in [4.69, 9.17) is 16.3 Å². The SMILES string of the molecule is COc1ccc(Cl)c2[nH]c3ccc(C(C)C)cc3c12. The maximum Gasteiger partial charge on any atom is 0.128 e. The number of nitrogens with one attached hydrogen (secondary N) is 1. The van der Waals surface area contributed by atoms with Crippen LogP contribution in [0.2, 0.25) is 5.02 Å². The van der Waals surface area contributed by atoms with E-state index in [1.807, 2.05) is 12.1 Å². The van der Waals surface area contributed by atoms with E-state index in [9.17, 15) is 0 Å². The number of benzene rings is 2. The van der Waals surface area contributed by atoms with E-state index in [0.29, 0.717) is 5.92 Å². The molecule has 3 rings (SSSR count). The van der Waals surface area contributed by atoms with Crippen molar-refractivity contribution in [2.24, 2.45) is 0 Å². The Kier molecular flexibility index (Phi) is 2.90. The van der Waals surface area contributed by atoms with Crippen molar-refractivity contribution in [2.75, 3.05) is 7.11 Å². The summed E-state index contributed by atoms with van der Waals surface area (Å²) in [5, 5.41) is 2.95. The number of fused-ring (bicyclic) bond motifs is 3. The molecule has 0 aliphatic heterocycles. The summed E-state index contributed by atoms with van der Waals surface area (Å²) in [7, 11) is 1.69. The Morgan fingerprint density at radius 3 is 2.63 bits per heavy atom. The van der Waals surface area contributed by atoms with Gasteiger partial charge in [-0.2, -0.15) is 0 Å². The Hall–Kier alpha value is -1.67. The molecule has 0 aliphatic rings. The summed E-state index contributed by atoms with van der Waals surface area (Å²) in [6.45, 7) is 4.39. The van der Waals surface area contributed by atoms with Gasteiger partial charge in [-0.15, -0.1) is 0 Å². The molecule has 1 heterocycles. The van der Waals surface area contributed by atoms with Gasteiger partial charge in [0.2, 0.25) is 0 Å². The summed E-state index contributed by atoms with van der Waals surface area (Å²) < 4.78 is 5.47. The molecule has 2 nitrogen and oxygen atoms in total. The van der Waals surface area contributed by atoms with Crippen LogP contribution < -0.4 is 4.74 Å². The van der Waals surface area contributed by atoms with Crippen molar-refractivity contribution in [2.45, 2.75) is 19.8 Å². The second-order valence-electron chi connectivity index (χ2n) is 5.08. The van der Waals surface area contributed by atoms with Crippen molar-refractivity contribution in [1.82, 2.24) is 4.98 Å². The summed E-state index contributed by atoms with van der Waals surface area (Å²) in [5.74, 6) is 1.35. The van der Waals surface area contributed by atoms with E-state index in [1.54, 1.807) is 7.11 Å². The summed E-state index contributed by atoms with van der Waals surface area (Å²) >= 11 is 6.27. The number of halogens is 1. The van der Waals surface area contributed by atoms with Gasteiger partial charge in [0, 0.05) is 10.9 Å². The highest BCUT2D eigenvalue weighted by Gasteiger charge is 2.13. The van der Waals surface area contributed by atoms with Gasteiger partial charge in [-0.3, -0.25) is 0 Å². The monoisotopic (exact) mass is 273 g/mol. The summed E-state index contributed by atoms with van der Waals surface area (Å²) in [6.07, 6.45) is 0. The van der Waals surface area contributed by atoms with Crippen LogP contribution in [0, 0.1) is 0 Å². The molecular weight excluding hydrogens is 258 g/mol. The fourth-order valence-electron chi connectivity index (χ4n) is 2.49. The number of ether oxygens (including phenoxy) is 1. The molecule has 0 bridgehead atoms. The minimum absolute atomic E-state index is 0.500. The molecule has 3 aromatic rings. The van der Waals surface area contributed by atoms with E-state index in [-0.39, 0.29) is 0 Å². The van der Waals surface area contributed by atoms with Crippen LogP contribution in [0.5, 0.6) is 5.75 Å². The molecule has 98 valence electrons. The van der Waals surface area contributed by atoms with Crippen molar-refractivity contribution >= 4 is 33.4 Å². The second-order valence-corrected chi connectivity index (χ2v) is 5.49. The second kappa shape index (κ2) is 4.46. The molecule has 0 radical (unpaired) electrons. The maximum absolute atomic E-state index is 6.27. The zero-order valence-electron chi connectivity index (χ0n) is 11.3. The predicted molar refractivity (Wildman–Crippen MR) is 81.5 cm³/mol. The lowest BCUT2D eigenvalue weighted by Crippen LogP contribution is -1.86. The molecule has 2 aromatic carbocycles. The quantitative estimate of drug-likeness (QED) is 0.690. The highest BCUT2D eigenvalue weighted by molar-refractivity contribution is 6.36. The molecule has 19 heavy (non-hydrogen) atoms. The Labute approximate surface area is 117 Å². The van der Waals surface area contributed by atoms with E-state index in [1.165, 1.54) is 10.9 Å². The summed E-state index contributed by atoms with van der Waals surface area (Å²) in [6, 6.07) is 10.3. The first-order chi connectivity index (χ1) is 9.11. The molecule has 0 amide bonds. The van der Waals surface area contributed by atoms with Gasteiger partial charge in [0.15, 0.2) is 0 Å². The maximum atomic E-state index is 6.27. The first-order valence-corrected chi connectivity index (χ1v) is 6.77. The zero-order chi connectivity index (χ0) is 13.6. The summed E-state index contributed by atoms with van der Waals surface area (Å²) in [4.78, 5) is 3.38. The van der Waals surface area contributed by atoms with Gasteiger partial charge in [0.1, 0.15) is 5.75 Å². The zero-order valence-corrected chi connectivity index (χ0v) is 12.0. The van der Waals surface area contributed by atoms with Crippen molar-refractivity contribution in [1.29, 1.82) is 0 Å². The highest BCUT2D eigenvalue weighted by atomic mass is 35.5. The molecule has 0 unspecified atom stereocenters. The fourth-order valence-corrected chi connectivity index (χ4v) is 2.69. The van der Waals surface area contributed by atoms with Gasteiger partial charge in [-0.05, 0) is 35.7 Å². The lowest BCUT2D eigenvalue weighted by Gasteiger charge is -2.06. The molecule has 0 saturated carbocycles. The molecular formula is C16H16ClNO. The van der Waals surface area contributed by atoms with Gasteiger partial charge >= 0.3 is 0 Å². The minimum Gasteiger partial charge on any atom is -0.496 e. The average molecular weight is 274 g/mol. The lowest BCUT2D eigenvalue weighted by molar-refractivity contribution is 0.420. The van der Waals surface area contributed by atoms with Crippen LogP contribution >= 0.6 is 11.6 Å². The first kappa shape index (κ1) is 12.4. The number of aromatic amines is 1. The lowest BCUT2D eigenvalue weighted by atomic mass is 10.0. The van der Waals surface area contributed by atoms with Crippen LogP contribution in [0.1, 0.15) is 25.3 Å². The van der Waals surface area contributed by atoms with Crippen molar-refractivity contribution in [3.63, 3.8) is 0 Å². The third-order valence-electron chi connectivity index (χ3n) is 3.58. The molecule has 1 aromatic heterocycles. The van der Waals surface area contributed by atoms with E-state index in [0.717, 1.165) is 27.2 Å². The van der Waals surface area contributed by atoms with Gasteiger partial charge < -0.3 is 9.72 Å². The van der Waals surface area contributed by atoms with E-state index >= 15 is 0 Å². The minimum atomic E-state index is 0.500. The number of H-pyrrole nitrogens is 1. The molecule has 0 aliphatic carbocycles. The van der Waals surface area contributed by atoms with Crippen molar-refractivity contribution < 1.29 is 4.74 Å². The normalized spacial score (nSPS) is 11.6. The number of hydrogen-bond donors (Lipinski definition) is 1. The largest absolute Gasteiger partial charge is 0.496 e. The number of methoxy groups -OCH3 is 1. The van der Waals surface area contributed by atoms with Gasteiger partial charge in [-0.25, -0.2) is 0 Å². The Bertz CT molecular complexity index is 758. The summed E-state index contributed by atoms with van der Waals surface area (Å²) in [5.41, 5.74) is 3.35. The number of hydrogen-bond acceptors (Lipinski definition) is 1. The standard InChI is InChI=1S/C16H16ClNO/c1-9(2)10-4-6-13-11(8-10)15-14(19-3)7-5-12(17)16(15)18-13/h4-9,18H,1-3H3. The molecule has 3 heteroatoms. The van der Waals surface area contributed by atoms with E-state index < -0.39 is 0 Å². The predicted octanol–water partition coefficient (Wildman–Crippen LogP) is 5.11. The molecule has 0 spiro atoms. The highest BCUT2D eigenvalue weighted by Crippen LogP contribution is 2.37. The topological polar surface area (TPSA) is 25.0 Å². The molecule has 0 saturated heterocycles. The molecule has 0 atom stereocenters. The van der Waals surface area contributed by atoms with Gasteiger partial charge in [0.25, 0.3) is 0 Å². The molecule has 1 N–H and O–H groups in total. The fraction of sp³-hybridized carbons (Fsp3) is 0.250. The number of aromatic nitrogens is 1. The Morgan fingerprint density at radius 2 is 1.95 bits per heavy atom. The first-order valence-electron chi connectivity index (χ1n) is 6.39. The van der Waals surface area contributed by atoms with Crippen LogP contribution in [0.4, 0.5) is 0 Å². The van der Waals surface area contributed by atoms with Crippen LogP contribution in [-0.2, 0) is 0 Å². The Morgan fingerprint density at radius 1 is 1.16 bits per heavy atom. The van der Waals surface area contributed by atoms with Gasteiger partial charge in [-0.1, -0.05) is 31.5 Å². The van der Waals surface area contributed by atoms with E-state index in [2.05, 4.69) is 37.0 Å². The smallest absolute Gasteiger partial charge is 0.128 e. The van der Waals surface area contributed by atoms with Crippen LogP contribution in [-0.4, -0.2) is 12.1 Å². The third-order valence-corrected chi connectivity index (χ3v) is 3.89. The third kappa shape index (κ3) is 1.87. The Balaban J connectivity index is 2.45. The molecule has 0 fully saturated rings. The van der Waals surface area contributed by atoms with Crippen LogP contribution in [0.15, 0.2) is 30.3 Å². The van der Waals surface area contributed by atoms with Crippen LogP contribution in [0.3, 0.4) is 0 Å². The average Bonchev–Trinajstić information content (AvgIpc) is 2.79. The van der Waals surface area contributed by atoms with Crippen molar-refractivity contribution in [3.8, 4) is 5.75 Å².